The molecule has 1 amide bonds. The molecule has 0 bridgehead atoms. The molecule has 1 atom stereocenters. The molecular weight excluding hydrogens is 368 g/mol. The molecule has 1 fully saturated rings. The first-order valence-corrected chi connectivity index (χ1v) is 8.71. The van der Waals surface area contributed by atoms with E-state index in [4.69, 9.17) is 5.11 Å². The Kier molecular flexibility index (Phi) is 4.44. The number of carbonyl (C=O) groups excluding carboxylic acids is 1. The van der Waals surface area contributed by atoms with Gasteiger partial charge in [-0.3, -0.25) is 4.79 Å². The molecule has 1 saturated carbocycles. The average molecular weight is 383 g/mol. The van der Waals surface area contributed by atoms with Crippen molar-refractivity contribution < 1.29 is 14.7 Å². The zero-order valence-electron chi connectivity index (χ0n) is 11.7. The number of benzene rings is 1. The maximum Gasteiger partial charge on any atom is 0.326 e. The summed E-state index contributed by atoms with van der Waals surface area (Å²) in [6.45, 7) is 0. The van der Waals surface area contributed by atoms with E-state index in [-0.39, 0.29) is 18.2 Å². The van der Waals surface area contributed by atoms with Crippen molar-refractivity contribution in [1.29, 1.82) is 0 Å². The fourth-order valence-electron chi connectivity index (χ4n) is 2.33. The Balaban J connectivity index is 1.58. The fourth-order valence-corrected chi connectivity index (χ4v) is 3.63. The zero-order chi connectivity index (χ0) is 15.7. The normalized spacial score (nSPS) is 15.7. The lowest BCUT2D eigenvalue weighted by molar-refractivity contribution is -0.142. The first kappa shape index (κ1) is 15.4. The predicted molar refractivity (Wildman–Crippen MR) is 87.9 cm³/mol. The van der Waals surface area contributed by atoms with Gasteiger partial charge in [-0.15, -0.1) is 11.3 Å². The monoisotopic (exact) mass is 382 g/mol. The van der Waals surface area contributed by atoms with Crippen LogP contribution < -0.4 is 5.32 Å². The minimum absolute atomic E-state index is 0.0984. The number of fused-ring (bicyclic) bond motifs is 1. The SMILES string of the molecule is O=C(CCc1nc2cc(Br)ccc2s1)NC(C(=O)O)C1CC1. The number of rotatable bonds is 6. The van der Waals surface area contributed by atoms with Crippen LogP contribution in [0.15, 0.2) is 22.7 Å². The summed E-state index contributed by atoms with van der Waals surface area (Å²) in [6.07, 6.45) is 2.55. The van der Waals surface area contributed by atoms with Gasteiger partial charge in [0, 0.05) is 17.3 Å². The number of carboxylic acids is 1. The topological polar surface area (TPSA) is 79.3 Å². The largest absolute Gasteiger partial charge is 0.480 e. The lowest BCUT2D eigenvalue weighted by Crippen LogP contribution is -2.42. The lowest BCUT2D eigenvalue weighted by Gasteiger charge is -2.12. The van der Waals surface area contributed by atoms with E-state index in [0.29, 0.717) is 6.42 Å². The summed E-state index contributed by atoms with van der Waals surface area (Å²) in [5, 5.41) is 12.6. The lowest BCUT2D eigenvalue weighted by atomic mass is 10.2. The molecule has 0 spiro atoms. The van der Waals surface area contributed by atoms with Crippen LogP contribution in [0.4, 0.5) is 0 Å². The van der Waals surface area contributed by atoms with E-state index < -0.39 is 12.0 Å². The molecule has 7 heteroatoms. The Bertz CT molecular complexity index is 727. The fraction of sp³-hybridized carbons (Fsp3) is 0.400. The Morgan fingerprint density at radius 1 is 1.45 bits per heavy atom. The first-order valence-electron chi connectivity index (χ1n) is 7.10. The molecule has 2 N–H and O–H groups in total. The molecule has 1 aromatic heterocycles. The van der Waals surface area contributed by atoms with Crippen molar-refractivity contribution in [3.63, 3.8) is 0 Å². The second-order valence-corrected chi connectivity index (χ2v) is 7.47. The van der Waals surface area contributed by atoms with Gasteiger partial charge in [0.2, 0.25) is 5.91 Å². The van der Waals surface area contributed by atoms with Crippen LogP contribution in [0.3, 0.4) is 0 Å². The number of carbonyl (C=O) groups is 2. The summed E-state index contributed by atoms with van der Waals surface area (Å²) in [5.74, 6) is -1.07. The summed E-state index contributed by atoms with van der Waals surface area (Å²) in [6, 6.07) is 5.17. The van der Waals surface area contributed by atoms with E-state index in [1.54, 1.807) is 11.3 Å². The second-order valence-electron chi connectivity index (χ2n) is 5.44. The average Bonchev–Trinajstić information content (AvgIpc) is 3.22. The predicted octanol–water partition coefficient (Wildman–Crippen LogP) is 2.97. The number of aliphatic carboxylic acids is 1. The molecule has 22 heavy (non-hydrogen) atoms. The van der Waals surface area contributed by atoms with Crippen LogP contribution in [0.5, 0.6) is 0 Å². The zero-order valence-corrected chi connectivity index (χ0v) is 14.1. The molecule has 1 heterocycles. The minimum atomic E-state index is -0.944. The summed E-state index contributed by atoms with van der Waals surface area (Å²) >= 11 is 4.97. The van der Waals surface area contributed by atoms with Crippen molar-refractivity contribution in [2.75, 3.05) is 0 Å². The summed E-state index contributed by atoms with van der Waals surface area (Å²) in [7, 11) is 0. The van der Waals surface area contributed by atoms with E-state index in [1.807, 2.05) is 18.2 Å². The molecule has 0 saturated heterocycles. The smallest absolute Gasteiger partial charge is 0.326 e. The van der Waals surface area contributed by atoms with Gasteiger partial charge in [0.1, 0.15) is 6.04 Å². The molecule has 0 aliphatic heterocycles. The molecule has 1 aliphatic carbocycles. The highest BCUT2D eigenvalue weighted by Gasteiger charge is 2.37. The van der Waals surface area contributed by atoms with Gasteiger partial charge in [0.05, 0.1) is 15.2 Å². The molecular formula is C15H15BrN2O3S. The van der Waals surface area contributed by atoms with Crippen LogP contribution >= 0.6 is 27.3 Å². The van der Waals surface area contributed by atoms with E-state index in [2.05, 4.69) is 26.2 Å². The highest BCUT2D eigenvalue weighted by Crippen LogP contribution is 2.32. The molecule has 1 aromatic carbocycles. The number of halogens is 1. The number of hydrogen-bond donors (Lipinski definition) is 2. The minimum Gasteiger partial charge on any atom is -0.480 e. The van der Waals surface area contributed by atoms with Gasteiger partial charge in [-0.25, -0.2) is 9.78 Å². The summed E-state index contributed by atoms with van der Waals surface area (Å²) in [5.41, 5.74) is 0.913. The maximum absolute atomic E-state index is 11.9. The quantitative estimate of drug-likeness (QED) is 0.804. The molecule has 2 aromatic rings. The molecule has 3 rings (SSSR count). The number of carboxylic acid groups (broad SMARTS) is 1. The van der Waals surface area contributed by atoms with Crippen molar-refractivity contribution in [3.8, 4) is 0 Å². The Hall–Kier alpha value is -1.47. The molecule has 5 nitrogen and oxygen atoms in total. The number of hydrogen-bond acceptors (Lipinski definition) is 4. The first-order chi connectivity index (χ1) is 10.5. The van der Waals surface area contributed by atoms with Crippen LogP contribution in [0.25, 0.3) is 10.2 Å². The van der Waals surface area contributed by atoms with Crippen LogP contribution in [0.2, 0.25) is 0 Å². The van der Waals surface area contributed by atoms with Crippen LogP contribution in [-0.2, 0) is 16.0 Å². The van der Waals surface area contributed by atoms with Crippen molar-refractivity contribution in [2.45, 2.75) is 31.7 Å². The number of nitrogens with one attached hydrogen (secondary N) is 1. The standard InChI is InChI=1S/C15H15BrN2O3S/c16-9-3-4-11-10(7-9)17-13(22-11)6-5-12(19)18-14(15(20)21)8-1-2-8/h3-4,7-8,14H,1-2,5-6H2,(H,18,19)(H,20,21). The van der Waals surface area contributed by atoms with Crippen LogP contribution in [0, 0.1) is 5.92 Å². The second kappa shape index (κ2) is 6.34. The highest BCUT2D eigenvalue weighted by atomic mass is 79.9. The number of aryl methyl sites for hydroxylation is 1. The van der Waals surface area contributed by atoms with Crippen LogP contribution in [0.1, 0.15) is 24.3 Å². The van der Waals surface area contributed by atoms with Crippen molar-refractivity contribution in [3.05, 3.63) is 27.7 Å². The number of aromatic nitrogens is 1. The molecule has 1 aliphatic rings. The maximum atomic E-state index is 11.9. The number of nitrogens with zero attached hydrogens (tertiary/aromatic N) is 1. The third-order valence-corrected chi connectivity index (χ3v) is 5.23. The third kappa shape index (κ3) is 3.64. The van der Waals surface area contributed by atoms with Gasteiger partial charge in [-0.2, -0.15) is 0 Å². The third-order valence-electron chi connectivity index (χ3n) is 3.64. The number of thiazole rings is 1. The Morgan fingerprint density at radius 3 is 2.91 bits per heavy atom. The summed E-state index contributed by atoms with van der Waals surface area (Å²) < 4.78 is 2.06. The van der Waals surface area contributed by atoms with Crippen molar-refractivity contribution >= 4 is 49.4 Å². The van der Waals surface area contributed by atoms with E-state index in [1.165, 1.54) is 0 Å². The van der Waals surface area contributed by atoms with Gasteiger partial charge in [-0.05, 0) is 37.0 Å². The van der Waals surface area contributed by atoms with Gasteiger partial charge in [0.25, 0.3) is 0 Å². The van der Waals surface area contributed by atoms with Gasteiger partial charge in [0.15, 0.2) is 0 Å². The van der Waals surface area contributed by atoms with Gasteiger partial charge >= 0.3 is 5.97 Å². The van der Waals surface area contributed by atoms with Gasteiger partial charge < -0.3 is 10.4 Å². The van der Waals surface area contributed by atoms with Crippen molar-refractivity contribution in [1.82, 2.24) is 10.3 Å². The Labute approximate surface area is 139 Å². The van der Waals surface area contributed by atoms with E-state index >= 15 is 0 Å². The number of amides is 1. The Morgan fingerprint density at radius 2 is 2.23 bits per heavy atom. The molecule has 1 unspecified atom stereocenters. The van der Waals surface area contributed by atoms with Crippen LogP contribution in [-0.4, -0.2) is 28.0 Å². The van der Waals surface area contributed by atoms with E-state index in [9.17, 15) is 9.59 Å². The highest BCUT2D eigenvalue weighted by molar-refractivity contribution is 9.10. The van der Waals surface area contributed by atoms with E-state index in [0.717, 1.165) is 32.5 Å². The molecule has 0 radical (unpaired) electrons. The molecule has 116 valence electrons. The van der Waals surface area contributed by atoms with Crippen molar-refractivity contribution in [2.24, 2.45) is 5.92 Å². The summed E-state index contributed by atoms with van der Waals surface area (Å²) in [4.78, 5) is 27.5. The van der Waals surface area contributed by atoms with Gasteiger partial charge in [-0.1, -0.05) is 15.9 Å².